The summed E-state index contributed by atoms with van der Waals surface area (Å²) < 4.78 is 0. The van der Waals surface area contributed by atoms with Crippen LogP contribution in [0.5, 0.6) is 0 Å². The minimum atomic E-state index is -0.142. The van der Waals surface area contributed by atoms with Crippen molar-refractivity contribution in [1.82, 2.24) is 5.32 Å². The molecular weight excluding hydrogens is 254 g/mol. The molecule has 0 bridgehead atoms. The number of hydrogen-bond acceptors (Lipinski definition) is 2. The van der Waals surface area contributed by atoms with Gasteiger partial charge in [-0.3, -0.25) is 4.79 Å². The van der Waals surface area contributed by atoms with Crippen LogP contribution in [0.2, 0.25) is 5.02 Å². The van der Waals surface area contributed by atoms with Gasteiger partial charge in [-0.2, -0.15) is 0 Å². The summed E-state index contributed by atoms with van der Waals surface area (Å²) in [5.41, 5.74) is 0.512. The summed E-state index contributed by atoms with van der Waals surface area (Å²) in [5, 5.41) is 5.40. The third-order valence-corrected chi connectivity index (χ3v) is 3.82. The summed E-state index contributed by atoms with van der Waals surface area (Å²) in [7, 11) is 0. The zero-order valence-electron chi connectivity index (χ0n) is 9.31. The Balaban J connectivity index is 2.10. The van der Waals surface area contributed by atoms with Gasteiger partial charge in [0.25, 0.3) is 5.91 Å². The van der Waals surface area contributed by atoms with E-state index in [4.69, 9.17) is 11.6 Å². The predicted octanol–water partition coefficient (Wildman–Crippen LogP) is 3.89. The number of thiophene rings is 1. The van der Waals surface area contributed by atoms with Gasteiger partial charge in [0.2, 0.25) is 0 Å². The number of nitrogens with one attached hydrogen (secondary N) is 1. The van der Waals surface area contributed by atoms with Gasteiger partial charge in [0, 0.05) is 4.88 Å². The SMILES string of the molecule is CC(NC(=O)c1ccccc1Cl)c1cccs1. The fourth-order valence-corrected chi connectivity index (χ4v) is 2.48. The highest BCUT2D eigenvalue weighted by Gasteiger charge is 2.13. The first-order valence-electron chi connectivity index (χ1n) is 5.27. The molecule has 1 unspecified atom stereocenters. The fourth-order valence-electron chi connectivity index (χ4n) is 1.53. The number of benzene rings is 1. The van der Waals surface area contributed by atoms with Crippen molar-refractivity contribution in [3.63, 3.8) is 0 Å². The van der Waals surface area contributed by atoms with Crippen LogP contribution in [0.25, 0.3) is 0 Å². The Bertz CT molecular complexity index is 510. The van der Waals surface area contributed by atoms with Crippen molar-refractivity contribution < 1.29 is 4.79 Å². The summed E-state index contributed by atoms with van der Waals surface area (Å²) in [4.78, 5) is 13.1. The van der Waals surface area contributed by atoms with E-state index in [0.717, 1.165) is 4.88 Å². The van der Waals surface area contributed by atoms with Crippen LogP contribution in [0.4, 0.5) is 0 Å². The van der Waals surface area contributed by atoms with Crippen LogP contribution in [-0.2, 0) is 0 Å². The van der Waals surface area contributed by atoms with E-state index in [1.54, 1.807) is 29.5 Å². The highest BCUT2D eigenvalue weighted by atomic mass is 35.5. The van der Waals surface area contributed by atoms with Gasteiger partial charge in [0.15, 0.2) is 0 Å². The number of carbonyl (C=O) groups excluding carboxylic acids is 1. The number of rotatable bonds is 3. The average Bonchev–Trinajstić information content (AvgIpc) is 2.82. The monoisotopic (exact) mass is 265 g/mol. The maximum atomic E-state index is 12.0. The second kappa shape index (κ2) is 5.34. The Morgan fingerprint density at radius 3 is 2.71 bits per heavy atom. The van der Waals surface area contributed by atoms with Gasteiger partial charge in [0.1, 0.15) is 0 Å². The molecule has 1 heterocycles. The van der Waals surface area contributed by atoms with Crippen LogP contribution >= 0.6 is 22.9 Å². The highest BCUT2D eigenvalue weighted by molar-refractivity contribution is 7.10. The van der Waals surface area contributed by atoms with Crippen LogP contribution in [0.15, 0.2) is 41.8 Å². The molecule has 4 heteroatoms. The molecule has 0 saturated carbocycles. The summed E-state index contributed by atoms with van der Waals surface area (Å²) >= 11 is 7.59. The minimum Gasteiger partial charge on any atom is -0.345 e. The Kier molecular flexibility index (Phi) is 3.82. The van der Waals surface area contributed by atoms with E-state index in [0.29, 0.717) is 10.6 Å². The molecule has 0 aliphatic heterocycles. The predicted molar refractivity (Wildman–Crippen MR) is 71.7 cm³/mol. The van der Waals surface area contributed by atoms with Crippen molar-refractivity contribution in [2.45, 2.75) is 13.0 Å². The lowest BCUT2D eigenvalue weighted by Crippen LogP contribution is -2.26. The largest absolute Gasteiger partial charge is 0.345 e. The molecule has 17 heavy (non-hydrogen) atoms. The number of halogens is 1. The van der Waals surface area contributed by atoms with E-state index in [2.05, 4.69) is 5.32 Å². The van der Waals surface area contributed by atoms with Gasteiger partial charge in [-0.15, -0.1) is 11.3 Å². The first-order valence-corrected chi connectivity index (χ1v) is 6.53. The van der Waals surface area contributed by atoms with Gasteiger partial charge in [-0.1, -0.05) is 29.8 Å². The minimum absolute atomic E-state index is 0.00114. The summed E-state index contributed by atoms with van der Waals surface area (Å²) in [6, 6.07) is 11.0. The van der Waals surface area contributed by atoms with Crippen LogP contribution in [-0.4, -0.2) is 5.91 Å². The molecule has 2 nitrogen and oxygen atoms in total. The molecule has 0 radical (unpaired) electrons. The molecule has 2 aromatic rings. The van der Waals surface area contributed by atoms with Crippen LogP contribution in [0, 0.1) is 0 Å². The first kappa shape index (κ1) is 12.1. The molecule has 1 atom stereocenters. The topological polar surface area (TPSA) is 29.1 Å². The standard InChI is InChI=1S/C13H12ClNOS/c1-9(12-7-4-8-17-12)15-13(16)10-5-2-3-6-11(10)14/h2-9H,1H3,(H,15,16). The van der Waals surface area contributed by atoms with Crippen molar-refractivity contribution in [2.24, 2.45) is 0 Å². The van der Waals surface area contributed by atoms with Gasteiger partial charge in [-0.25, -0.2) is 0 Å². The lowest BCUT2D eigenvalue weighted by atomic mass is 10.2. The third kappa shape index (κ3) is 2.87. The van der Waals surface area contributed by atoms with E-state index in [-0.39, 0.29) is 11.9 Å². The normalized spacial score (nSPS) is 12.1. The second-order valence-electron chi connectivity index (χ2n) is 3.69. The number of amides is 1. The van der Waals surface area contributed by atoms with Gasteiger partial charge in [-0.05, 0) is 30.5 Å². The van der Waals surface area contributed by atoms with Crippen LogP contribution < -0.4 is 5.32 Å². The highest BCUT2D eigenvalue weighted by Crippen LogP contribution is 2.20. The van der Waals surface area contributed by atoms with E-state index in [1.807, 2.05) is 30.5 Å². The maximum absolute atomic E-state index is 12.0. The molecule has 2 rings (SSSR count). The Hall–Kier alpha value is -1.32. The van der Waals surface area contributed by atoms with Crippen molar-refractivity contribution in [1.29, 1.82) is 0 Å². The zero-order valence-corrected chi connectivity index (χ0v) is 10.9. The fraction of sp³-hybridized carbons (Fsp3) is 0.154. The second-order valence-corrected chi connectivity index (χ2v) is 5.08. The smallest absolute Gasteiger partial charge is 0.253 e. The summed E-state index contributed by atoms with van der Waals surface area (Å²) in [5.74, 6) is -0.142. The van der Waals surface area contributed by atoms with E-state index in [9.17, 15) is 4.79 Å². The van der Waals surface area contributed by atoms with Crippen LogP contribution in [0.3, 0.4) is 0 Å². The molecule has 0 spiro atoms. The maximum Gasteiger partial charge on any atom is 0.253 e. The molecule has 0 aliphatic rings. The molecule has 1 aromatic carbocycles. The quantitative estimate of drug-likeness (QED) is 0.896. The summed E-state index contributed by atoms with van der Waals surface area (Å²) in [6.45, 7) is 1.96. The van der Waals surface area contributed by atoms with E-state index in [1.165, 1.54) is 0 Å². The average molecular weight is 266 g/mol. The molecule has 0 fully saturated rings. The molecule has 1 aromatic heterocycles. The van der Waals surface area contributed by atoms with Crippen molar-refractivity contribution >= 4 is 28.8 Å². The lowest BCUT2D eigenvalue weighted by Gasteiger charge is -2.12. The molecule has 88 valence electrons. The van der Waals surface area contributed by atoms with Gasteiger partial charge in [0.05, 0.1) is 16.6 Å². The number of hydrogen-bond donors (Lipinski definition) is 1. The molecular formula is C13H12ClNOS. The first-order chi connectivity index (χ1) is 8.18. The van der Waals surface area contributed by atoms with Crippen LogP contribution in [0.1, 0.15) is 28.2 Å². The van der Waals surface area contributed by atoms with E-state index < -0.39 is 0 Å². The number of carbonyl (C=O) groups is 1. The van der Waals surface area contributed by atoms with Gasteiger partial charge < -0.3 is 5.32 Å². The molecule has 1 amide bonds. The van der Waals surface area contributed by atoms with Gasteiger partial charge >= 0.3 is 0 Å². The van der Waals surface area contributed by atoms with E-state index >= 15 is 0 Å². The summed E-state index contributed by atoms with van der Waals surface area (Å²) in [6.07, 6.45) is 0. The lowest BCUT2D eigenvalue weighted by molar-refractivity contribution is 0.0940. The molecule has 1 N–H and O–H groups in total. The van der Waals surface area contributed by atoms with Crippen molar-refractivity contribution in [3.05, 3.63) is 57.2 Å². The Morgan fingerprint density at radius 2 is 2.06 bits per heavy atom. The Morgan fingerprint density at radius 1 is 1.29 bits per heavy atom. The molecule has 0 saturated heterocycles. The third-order valence-electron chi connectivity index (χ3n) is 2.44. The van der Waals surface area contributed by atoms with Crippen molar-refractivity contribution in [2.75, 3.05) is 0 Å². The van der Waals surface area contributed by atoms with Crippen molar-refractivity contribution in [3.8, 4) is 0 Å². The molecule has 0 aliphatic carbocycles. The zero-order chi connectivity index (χ0) is 12.3. The Labute approximate surface area is 109 Å².